The molecule has 0 fully saturated rings. The molecule has 2 unspecified atom stereocenters. The van der Waals surface area contributed by atoms with Gasteiger partial charge in [-0.2, -0.15) is 0 Å². The Labute approximate surface area is 123 Å². The number of hydrogen-bond donors (Lipinski definition) is 1. The summed E-state index contributed by atoms with van der Waals surface area (Å²) in [4.78, 5) is 0. The van der Waals surface area contributed by atoms with Gasteiger partial charge in [0.15, 0.2) is 0 Å². The van der Waals surface area contributed by atoms with Crippen LogP contribution >= 0.6 is 15.9 Å². The van der Waals surface area contributed by atoms with Gasteiger partial charge in [0.25, 0.3) is 0 Å². The van der Waals surface area contributed by atoms with Gasteiger partial charge in [-0.05, 0) is 36.5 Å². The molecule has 2 N–H and O–H groups in total. The Balaban J connectivity index is 2.84. The fraction of sp³-hybridized carbons (Fsp3) is 0.600. The van der Waals surface area contributed by atoms with Crippen molar-refractivity contribution >= 4 is 15.9 Å². The van der Waals surface area contributed by atoms with Gasteiger partial charge in [0.2, 0.25) is 0 Å². The van der Waals surface area contributed by atoms with Crippen LogP contribution in [0.4, 0.5) is 4.39 Å². The molecule has 0 radical (unpaired) electrons. The van der Waals surface area contributed by atoms with Gasteiger partial charge in [0, 0.05) is 17.1 Å². The van der Waals surface area contributed by atoms with E-state index in [1.807, 2.05) is 13.0 Å². The lowest BCUT2D eigenvalue weighted by atomic mass is 9.82. The predicted molar refractivity (Wildman–Crippen MR) is 80.6 cm³/mol. The molecular weight excluding hydrogens is 309 g/mol. The van der Waals surface area contributed by atoms with Gasteiger partial charge in [0.1, 0.15) is 5.82 Å². The van der Waals surface area contributed by atoms with Crippen LogP contribution in [0.3, 0.4) is 0 Å². The van der Waals surface area contributed by atoms with E-state index in [0.29, 0.717) is 18.6 Å². The average molecular weight is 332 g/mol. The first-order valence-electron chi connectivity index (χ1n) is 6.56. The summed E-state index contributed by atoms with van der Waals surface area (Å²) < 4.78 is 20.3. The highest BCUT2D eigenvalue weighted by molar-refractivity contribution is 9.10. The van der Waals surface area contributed by atoms with Crippen molar-refractivity contribution in [2.24, 2.45) is 11.1 Å². The van der Waals surface area contributed by atoms with Gasteiger partial charge in [-0.3, -0.25) is 0 Å². The van der Waals surface area contributed by atoms with E-state index < -0.39 is 0 Å². The number of halogens is 2. The second-order valence-electron chi connectivity index (χ2n) is 5.85. The van der Waals surface area contributed by atoms with Crippen LogP contribution in [0.5, 0.6) is 0 Å². The third-order valence-electron chi connectivity index (χ3n) is 3.06. The molecule has 0 amide bonds. The topological polar surface area (TPSA) is 35.2 Å². The van der Waals surface area contributed by atoms with Crippen LogP contribution in [0.25, 0.3) is 0 Å². The Morgan fingerprint density at radius 1 is 1.37 bits per heavy atom. The van der Waals surface area contributed by atoms with Crippen molar-refractivity contribution in [2.75, 3.05) is 6.61 Å². The maximum Gasteiger partial charge on any atom is 0.127 e. The fourth-order valence-corrected chi connectivity index (χ4v) is 2.58. The average Bonchev–Trinajstić information content (AvgIpc) is 2.28. The highest BCUT2D eigenvalue weighted by Gasteiger charge is 2.31. The van der Waals surface area contributed by atoms with Crippen LogP contribution in [0.1, 0.15) is 33.3 Å². The van der Waals surface area contributed by atoms with Crippen LogP contribution in [0.15, 0.2) is 22.7 Å². The molecule has 1 rings (SSSR count). The molecule has 2 atom stereocenters. The Hall–Kier alpha value is -0.450. The molecule has 0 spiro atoms. The van der Waals surface area contributed by atoms with Crippen molar-refractivity contribution in [1.29, 1.82) is 0 Å². The molecule has 1 aromatic carbocycles. The summed E-state index contributed by atoms with van der Waals surface area (Å²) in [5.41, 5.74) is 6.79. The third kappa shape index (κ3) is 4.86. The first-order valence-corrected chi connectivity index (χ1v) is 7.36. The van der Waals surface area contributed by atoms with Gasteiger partial charge in [-0.1, -0.05) is 42.8 Å². The Kier molecular flexibility index (Phi) is 5.96. The first-order chi connectivity index (χ1) is 8.75. The minimum atomic E-state index is -0.228. The summed E-state index contributed by atoms with van der Waals surface area (Å²) in [5.74, 6) is -0.228. The molecule has 1 aromatic rings. The molecule has 108 valence electrons. The van der Waals surface area contributed by atoms with Crippen molar-refractivity contribution in [3.63, 3.8) is 0 Å². The van der Waals surface area contributed by atoms with Gasteiger partial charge in [-0.15, -0.1) is 0 Å². The summed E-state index contributed by atoms with van der Waals surface area (Å²) in [5, 5.41) is 0. The SMILES string of the molecule is CCOC(C(N)Cc1ccc(Br)cc1F)C(C)(C)C. The lowest BCUT2D eigenvalue weighted by Crippen LogP contribution is -2.46. The smallest absolute Gasteiger partial charge is 0.127 e. The molecule has 0 bridgehead atoms. The van der Waals surface area contributed by atoms with Crippen LogP contribution in [0, 0.1) is 11.2 Å². The highest BCUT2D eigenvalue weighted by Crippen LogP contribution is 2.26. The molecule has 19 heavy (non-hydrogen) atoms. The summed E-state index contributed by atoms with van der Waals surface area (Å²) >= 11 is 3.25. The molecule has 0 heterocycles. The standard InChI is InChI=1S/C15H23BrFNO/c1-5-19-14(15(2,3)4)13(18)8-10-6-7-11(16)9-12(10)17/h6-7,9,13-14H,5,8,18H2,1-4H3. The molecule has 0 aliphatic heterocycles. The molecule has 2 nitrogen and oxygen atoms in total. The van der Waals surface area contributed by atoms with Crippen molar-refractivity contribution < 1.29 is 9.13 Å². The van der Waals surface area contributed by atoms with E-state index >= 15 is 0 Å². The minimum Gasteiger partial charge on any atom is -0.376 e. The van der Waals surface area contributed by atoms with E-state index in [1.54, 1.807) is 6.07 Å². The van der Waals surface area contributed by atoms with E-state index in [9.17, 15) is 4.39 Å². The maximum atomic E-state index is 13.8. The molecule has 0 aliphatic carbocycles. The minimum absolute atomic E-state index is 0.0682. The Morgan fingerprint density at radius 3 is 2.47 bits per heavy atom. The van der Waals surface area contributed by atoms with E-state index in [0.717, 1.165) is 4.47 Å². The first kappa shape index (κ1) is 16.6. The predicted octanol–water partition coefficient (Wildman–Crippen LogP) is 3.91. The lowest BCUT2D eigenvalue weighted by molar-refractivity contribution is -0.0275. The largest absolute Gasteiger partial charge is 0.376 e. The molecule has 0 saturated carbocycles. The molecule has 0 aromatic heterocycles. The number of hydrogen-bond acceptors (Lipinski definition) is 2. The number of rotatable bonds is 5. The molecule has 4 heteroatoms. The van der Waals surface area contributed by atoms with E-state index in [4.69, 9.17) is 10.5 Å². The zero-order valence-corrected chi connectivity index (χ0v) is 13.6. The normalized spacial score (nSPS) is 15.3. The van der Waals surface area contributed by atoms with Gasteiger partial charge >= 0.3 is 0 Å². The Morgan fingerprint density at radius 2 is 2.00 bits per heavy atom. The number of benzene rings is 1. The number of ether oxygens (including phenoxy) is 1. The molecular formula is C15H23BrFNO. The van der Waals surface area contributed by atoms with Crippen molar-refractivity contribution in [1.82, 2.24) is 0 Å². The summed E-state index contributed by atoms with van der Waals surface area (Å²) in [6.45, 7) is 8.82. The van der Waals surface area contributed by atoms with Crippen LogP contribution in [-0.4, -0.2) is 18.8 Å². The van der Waals surface area contributed by atoms with E-state index in [2.05, 4.69) is 36.7 Å². The zero-order chi connectivity index (χ0) is 14.6. The second kappa shape index (κ2) is 6.82. The monoisotopic (exact) mass is 331 g/mol. The van der Waals surface area contributed by atoms with Gasteiger partial charge < -0.3 is 10.5 Å². The summed E-state index contributed by atoms with van der Waals surface area (Å²) in [6.07, 6.45) is 0.377. The lowest BCUT2D eigenvalue weighted by Gasteiger charge is -2.35. The van der Waals surface area contributed by atoms with E-state index in [1.165, 1.54) is 6.07 Å². The second-order valence-corrected chi connectivity index (χ2v) is 6.76. The van der Waals surface area contributed by atoms with Crippen molar-refractivity contribution in [2.45, 2.75) is 46.3 Å². The fourth-order valence-electron chi connectivity index (χ4n) is 2.24. The van der Waals surface area contributed by atoms with E-state index in [-0.39, 0.29) is 23.4 Å². The molecule has 0 saturated heterocycles. The third-order valence-corrected chi connectivity index (χ3v) is 3.55. The van der Waals surface area contributed by atoms with Crippen molar-refractivity contribution in [3.8, 4) is 0 Å². The maximum absolute atomic E-state index is 13.8. The van der Waals surface area contributed by atoms with Crippen LogP contribution in [0.2, 0.25) is 0 Å². The van der Waals surface area contributed by atoms with Gasteiger partial charge in [0.05, 0.1) is 6.10 Å². The zero-order valence-electron chi connectivity index (χ0n) is 12.0. The van der Waals surface area contributed by atoms with Crippen LogP contribution in [-0.2, 0) is 11.2 Å². The highest BCUT2D eigenvalue weighted by atomic mass is 79.9. The quantitative estimate of drug-likeness (QED) is 0.887. The number of nitrogens with two attached hydrogens (primary N) is 1. The Bertz CT molecular complexity index is 417. The summed E-state index contributed by atoms with van der Waals surface area (Å²) in [6, 6.07) is 4.84. The van der Waals surface area contributed by atoms with Crippen molar-refractivity contribution in [3.05, 3.63) is 34.1 Å². The van der Waals surface area contributed by atoms with Crippen LogP contribution < -0.4 is 5.73 Å². The summed E-state index contributed by atoms with van der Waals surface area (Å²) in [7, 11) is 0. The molecule has 0 aliphatic rings. The van der Waals surface area contributed by atoms with Gasteiger partial charge in [-0.25, -0.2) is 4.39 Å².